The first-order chi connectivity index (χ1) is 8.20. The summed E-state index contributed by atoms with van der Waals surface area (Å²) in [6.07, 6.45) is 0. The minimum atomic E-state index is 0.0589. The fraction of sp³-hybridized carbons (Fsp3) is 0.231. The Hall–Kier alpha value is -0.770. The summed E-state index contributed by atoms with van der Waals surface area (Å²) < 4.78 is 6.34. The maximum Gasteiger partial charge on any atom is 0.169 e. The van der Waals surface area contributed by atoms with Crippen molar-refractivity contribution >= 4 is 27.5 Å². The molecule has 0 fully saturated rings. The van der Waals surface area contributed by atoms with E-state index in [1.807, 2.05) is 36.4 Å². The van der Waals surface area contributed by atoms with Gasteiger partial charge in [-0.05, 0) is 52.3 Å². The lowest BCUT2D eigenvalue weighted by Crippen LogP contribution is -2.21. The number of hydrogen-bond acceptors (Lipinski definition) is 2. The van der Waals surface area contributed by atoms with Gasteiger partial charge in [0.2, 0.25) is 0 Å². The molecule has 0 aliphatic carbocycles. The first-order valence-corrected chi connectivity index (χ1v) is 6.62. The molecule has 17 heavy (non-hydrogen) atoms. The Labute approximate surface area is 114 Å². The fourth-order valence-electron chi connectivity index (χ4n) is 1.73. The molecule has 2 aromatic rings. The van der Waals surface area contributed by atoms with E-state index >= 15 is 0 Å². The third-order valence-electron chi connectivity index (χ3n) is 2.49. The van der Waals surface area contributed by atoms with Crippen molar-refractivity contribution in [2.24, 2.45) is 0 Å². The van der Waals surface area contributed by atoms with Crippen LogP contribution in [0.3, 0.4) is 0 Å². The Bertz CT molecular complexity index is 480. The average molecular weight is 315 g/mol. The van der Waals surface area contributed by atoms with Crippen molar-refractivity contribution in [3.05, 3.63) is 57.4 Å². The zero-order chi connectivity index (χ0) is 12.3. The molecular weight excluding hydrogens is 302 g/mol. The van der Waals surface area contributed by atoms with E-state index in [9.17, 15) is 0 Å². The lowest BCUT2D eigenvalue weighted by Gasteiger charge is -2.15. The van der Waals surface area contributed by atoms with Gasteiger partial charge in [-0.15, -0.1) is 0 Å². The van der Waals surface area contributed by atoms with Crippen molar-refractivity contribution < 1.29 is 4.42 Å². The van der Waals surface area contributed by atoms with Gasteiger partial charge in [-0.1, -0.05) is 30.7 Å². The highest BCUT2D eigenvalue weighted by molar-refractivity contribution is 9.10. The lowest BCUT2D eigenvalue weighted by atomic mass is 10.0. The monoisotopic (exact) mass is 313 g/mol. The van der Waals surface area contributed by atoms with Gasteiger partial charge in [-0.3, -0.25) is 0 Å². The van der Waals surface area contributed by atoms with Gasteiger partial charge in [0, 0.05) is 5.02 Å². The average Bonchev–Trinajstić information content (AvgIpc) is 2.74. The Morgan fingerprint density at radius 2 is 1.94 bits per heavy atom. The molecule has 0 bridgehead atoms. The summed E-state index contributed by atoms with van der Waals surface area (Å²) in [5, 5.41) is 4.13. The van der Waals surface area contributed by atoms with Gasteiger partial charge in [0.05, 0.1) is 6.04 Å². The van der Waals surface area contributed by atoms with Crippen LogP contribution in [0.1, 0.15) is 24.3 Å². The van der Waals surface area contributed by atoms with E-state index in [1.165, 1.54) is 0 Å². The first kappa shape index (κ1) is 12.7. The van der Waals surface area contributed by atoms with E-state index in [1.54, 1.807) is 0 Å². The van der Waals surface area contributed by atoms with Crippen LogP contribution in [0.4, 0.5) is 0 Å². The van der Waals surface area contributed by atoms with Gasteiger partial charge in [-0.25, -0.2) is 0 Å². The molecule has 1 atom stereocenters. The van der Waals surface area contributed by atoms with Gasteiger partial charge >= 0.3 is 0 Å². The molecule has 0 aliphatic heterocycles. The van der Waals surface area contributed by atoms with Crippen LogP contribution in [0.15, 0.2) is 45.5 Å². The number of rotatable bonds is 4. The second-order valence-corrected chi connectivity index (χ2v) is 4.90. The van der Waals surface area contributed by atoms with Crippen LogP contribution in [-0.2, 0) is 0 Å². The molecule has 1 N–H and O–H groups in total. The standard InChI is InChI=1S/C13H13BrClNO/c1-2-16-13(11-7-8-12(14)17-11)9-3-5-10(15)6-4-9/h3-8,13,16H,2H2,1H3. The fourth-order valence-corrected chi connectivity index (χ4v) is 2.17. The van der Waals surface area contributed by atoms with Crippen molar-refractivity contribution in [2.45, 2.75) is 13.0 Å². The molecule has 0 spiro atoms. The molecule has 1 aromatic carbocycles. The van der Waals surface area contributed by atoms with Gasteiger partial charge in [0.1, 0.15) is 5.76 Å². The summed E-state index contributed by atoms with van der Waals surface area (Å²) >= 11 is 9.21. The highest BCUT2D eigenvalue weighted by Crippen LogP contribution is 2.26. The summed E-state index contributed by atoms with van der Waals surface area (Å²) in [6, 6.07) is 11.7. The van der Waals surface area contributed by atoms with Gasteiger partial charge in [0.15, 0.2) is 4.67 Å². The van der Waals surface area contributed by atoms with E-state index in [2.05, 4.69) is 28.2 Å². The summed E-state index contributed by atoms with van der Waals surface area (Å²) in [5.41, 5.74) is 1.14. The first-order valence-electron chi connectivity index (χ1n) is 5.44. The number of benzene rings is 1. The number of hydrogen-bond donors (Lipinski definition) is 1. The minimum absolute atomic E-state index is 0.0589. The van der Waals surface area contributed by atoms with E-state index in [-0.39, 0.29) is 6.04 Å². The Kier molecular flexibility index (Phi) is 4.26. The topological polar surface area (TPSA) is 25.2 Å². The molecule has 2 rings (SSSR count). The molecule has 0 amide bonds. The Morgan fingerprint density at radius 3 is 2.47 bits per heavy atom. The molecule has 0 saturated carbocycles. The SMILES string of the molecule is CCNC(c1ccc(Cl)cc1)c1ccc(Br)o1. The number of nitrogens with one attached hydrogen (secondary N) is 1. The molecule has 1 aromatic heterocycles. The lowest BCUT2D eigenvalue weighted by molar-refractivity contribution is 0.437. The van der Waals surface area contributed by atoms with Crippen molar-refractivity contribution in [3.8, 4) is 0 Å². The van der Waals surface area contributed by atoms with E-state index < -0.39 is 0 Å². The maximum absolute atomic E-state index is 5.89. The smallest absolute Gasteiger partial charge is 0.169 e. The van der Waals surface area contributed by atoms with Crippen molar-refractivity contribution in [1.82, 2.24) is 5.32 Å². The molecule has 4 heteroatoms. The third-order valence-corrected chi connectivity index (χ3v) is 3.17. The predicted molar refractivity (Wildman–Crippen MR) is 73.4 cm³/mol. The highest BCUT2D eigenvalue weighted by Gasteiger charge is 2.16. The van der Waals surface area contributed by atoms with Crippen LogP contribution in [0.5, 0.6) is 0 Å². The van der Waals surface area contributed by atoms with Gasteiger partial charge in [-0.2, -0.15) is 0 Å². The van der Waals surface area contributed by atoms with Crippen LogP contribution < -0.4 is 5.32 Å². The van der Waals surface area contributed by atoms with Crippen molar-refractivity contribution in [1.29, 1.82) is 0 Å². The summed E-state index contributed by atoms with van der Waals surface area (Å²) in [4.78, 5) is 0. The number of furan rings is 1. The van der Waals surface area contributed by atoms with Crippen LogP contribution >= 0.6 is 27.5 Å². The molecular formula is C13H13BrClNO. The van der Waals surface area contributed by atoms with Crippen molar-refractivity contribution in [3.63, 3.8) is 0 Å². The molecule has 0 aliphatic rings. The highest BCUT2D eigenvalue weighted by atomic mass is 79.9. The zero-order valence-electron chi connectivity index (χ0n) is 9.41. The van der Waals surface area contributed by atoms with E-state index in [0.29, 0.717) is 0 Å². The summed E-state index contributed by atoms with van der Waals surface area (Å²) in [6.45, 7) is 2.94. The van der Waals surface area contributed by atoms with Gasteiger partial charge in [0.25, 0.3) is 0 Å². The molecule has 1 unspecified atom stereocenters. The maximum atomic E-state index is 5.89. The Morgan fingerprint density at radius 1 is 1.24 bits per heavy atom. The largest absolute Gasteiger partial charge is 0.452 e. The van der Waals surface area contributed by atoms with Crippen LogP contribution in [0, 0.1) is 0 Å². The molecule has 90 valence electrons. The van der Waals surface area contributed by atoms with Crippen molar-refractivity contribution in [2.75, 3.05) is 6.54 Å². The van der Waals surface area contributed by atoms with Crippen LogP contribution in [-0.4, -0.2) is 6.54 Å². The number of halogens is 2. The summed E-state index contributed by atoms with van der Waals surface area (Å²) in [7, 11) is 0. The zero-order valence-corrected chi connectivity index (χ0v) is 11.8. The second-order valence-electron chi connectivity index (χ2n) is 3.68. The normalized spacial score (nSPS) is 12.6. The minimum Gasteiger partial charge on any atom is -0.452 e. The predicted octanol–water partition coefficient (Wildman–Crippen LogP) is 4.39. The van der Waals surface area contributed by atoms with E-state index in [0.717, 1.165) is 27.6 Å². The quantitative estimate of drug-likeness (QED) is 0.905. The molecule has 0 saturated heterocycles. The third kappa shape index (κ3) is 3.12. The second kappa shape index (κ2) is 5.71. The molecule has 2 nitrogen and oxygen atoms in total. The molecule has 1 heterocycles. The van der Waals surface area contributed by atoms with Crippen LogP contribution in [0.25, 0.3) is 0 Å². The van der Waals surface area contributed by atoms with Gasteiger partial charge < -0.3 is 9.73 Å². The Balaban J connectivity index is 2.31. The molecule has 0 radical (unpaired) electrons. The van der Waals surface area contributed by atoms with E-state index in [4.69, 9.17) is 16.0 Å². The summed E-state index contributed by atoms with van der Waals surface area (Å²) in [5.74, 6) is 0.890. The van der Waals surface area contributed by atoms with Crippen LogP contribution in [0.2, 0.25) is 5.02 Å².